The van der Waals surface area contributed by atoms with E-state index in [1.54, 1.807) is 0 Å². The lowest BCUT2D eigenvalue weighted by atomic mass is 10.0. The molecule has 214 valence electrons. The lowest BCUT2D eigenvalue weighted by Gasteiger charge is -2.34. The molecule has 0 saturated heterocycles. The average Bonchev–Trinajstić information content (AvgIpc) is 2.90. The van der Waals surface area contributed by atoms with Gasteiger partial charge in [0.1, 0.15) is 18.4 Å². The normalized spacial score (nSPS) is 12.3. The molecule has 3 aromatic carbocycles. The van der Waals surface area contributed by atoms with Crippen LogP contribution in [-0.2, 0) is 32.8 Å². The number of nitrogens with one attached hydrogen (secondary N) is 1. The van der Waals surface area contributed by atoms with Gasteiger partial charge in [0.25, 0.3) is 0 Å². The smallest absolute Gasteiger partial charge is 0.304 e. The number of carbonyl (C=O) groups excluding carboxylic acids is 2. The number of hydrogen-bond donors (Lipinski definition) is 1. The summed E-state index contributed by atoms with van der Waals surface area (Å²) in [5, 5.41) is 2.90. The summed E-state index contributed by atoms with van der Waals surface area (Å²) >= 11 is 0. The van der Waals surface area contributed by atoms with E-state index >= 15 is 0 Å². The molecule has 1 atom stereocenters. The third-order valence-electron chi connectivity index (χ3n) is 6.32. The van der Waals surface area contributed by atoms with Crippen molar-refractivity contribution >= 4 is 27.7 Å². The molecule has 10 heteroatoms. The van der Waals surface area contributed by atoms with Crippen LogP contribution in [0.4, 0.5) is 10.1 Å². The number of hydrogen-bond acceptors (Lipinski definition) is 4. The summed E-state index contributed by atoms with van der Waals surface area (Å²) in [5.74, 6) is -1.80. The number of para-hydroxylation sites is 1. The standard InChI is InChI=1S/C30H37FN4O4S/c1-22(2)32-30(37)28(19-24-11-7-6-8-12-24)34(20-25-17-15-23(3)16-18-25)29(36)21-35(40(38,39)33(4)5)27-14-10-9-13-26(27)31/h6-18,22,28H,19-21H2,1-5H3,(H,32,37). The number of aryl methyl sites for hydroxylation is 1. The molecule has 0 aliphatic rings. The summed E-state index contributed by atoms with van der Waals surface area (Å²) < 4.78 is 43.2. The number of amides is 2. The Kier molecular flexibility index (Phi) is 10.4. The summed E-state index contributed by atoms with van der Waals surface area (Å²) in [6, 6.07) is 21.1. The number of benzene rings is 3. The van der Waals surface area contributed by atoms with Gasteiger partial charge in [-0.3, -0.25) is 9.59 Å². The second-order valence-corrected chi connectivity index (χ2v) is 12.2. The Labute approximate surface area is 236 Å². The van der Waals surface area contributed by atoms with Crippen molar-refractivity contribution < 1.29 is 22.4 Å². The Balaban J connectivity index is 2.10. The van der Waals surface area contributed by atoms with Gasteiger partial charge in [0, 0.05) is 33.1 Å². The summed E-state index contributed by atoms with van der Waals surface area (Å²) in [4.78, 5) is 29.0. The van der Waals surface area contributed by atoms with Crippen LogP contribution < -0.4 is 9.62 Å². The van der Waals surface area contributed by atoms with E-state index in [0.717, 1.165) is 31.4 Å². The van der Waals surface area contributed by atoms with Gasteiger partial charge < -0.3 is 10.2 Å². The summed E-state index contributed by atoms with van der Waals surface area (Å²) in [7, 11) is -1.64. The highest BCUT2D eigenvalue weighted by Gasteiger charge is 2.35. The van der Waals surface area contributed by atoms with E-state index in [1.165, 1.54) is 37.2 Å². The first-order chi connectivity index (χ1) is 18.9. The fourth-order valence-electron chi connectivity index (χ4n) is 4.18. The first-order valence-corrected chi connectivity index (χ1v) is 14.4. The minimum absolute atomic E-state index is 0.0508. The molecule has 0 saturated carbocycles. The lowest BCUT2D eigenvalue weighted by molar-refractivity contribution is -0.140. The van der Waals surface area contributed by atoms with Gasteiger partial charge in [0.2, 0.25) is 11.8 Å². The molecule has 0 spiro atoms. The molecule has 1 N–H and O–H groups in total. The van der Waals surface area contributed by atoms with Crippen LogP contribution in [0.15, 0.2) is 78.9 Å². The molecule has 2 amide bonds. The third kappa shape index (κ3) is 7.89. The predicted molar refractivity (Wildman–Crippen MR) is 155 cm³/mol. The second-order valence-electron chi connectivity index (χ2n) is 10.1. The zero-order valence-electron chi connectivity index (χ0n) is 23.5. The van der Waals surface area contributed by atoms with Crippen molar-refractivity contribution in [2.75, 3.05) is 24.9 Å². The Morgan fingerprint density at radius 1 is 0.875 bits per heavy atom. The zero-order valence-corrected chi connectivity index (χ0v) is 24.4. The molecule has 8 nitrogen and oxygen atoms in total. The van der Waals surface area contributed by atoms with Crippen molar-refractivity contribution in [1.82, 2.24) is 14.5 Å². The number of anilines is 1. The maximum atomic E-state index is 14.9. The summed E-state index contributed by atoms with van der Waals surface area (Å²) in [6.45, 7) is 4.95. The first-order valence-electron chi connectivity index (χ1n) is 13.0. The van der Waals surface area contributed by atoms with E-state index in [-0.39, 0.29) is 30.6 Å². The maximum Gasteiger partial charge on any atom is 0.304 e. The Bertz CT molecular complexity index is 1400. The summed E-state index contributed by atoms with van der Waals surface area (Å²) in [5.41, 5.74) is 2.37. The van der Waals surface area contributed by atoms with E-state index in [2.05, 4.69) is 5.32 Å². The maximum absolute atomic E-state index is 14.9. The number of rotatable bonds is 12. The first kappa shape index (κ1) is 30.8. The Morgan fingerprint density at radius 2 is 1.48 bits per heavy atom. The number of carbonyl (C=O) groups is 2. The van der Waals surface area contributed by atoms with E-state index in [1.807, 2.05) is 75.4 Å². The van der Waals surface area contributed by atoms with Gasteiger partial charge in [-0.15, -0.1) is 0 Å². The van der Waals surface area contributed by atoms with E-state index in [0.29, 0.717) is 0 Å². The third-order valence-corrected chi connectivity index (χ3v) is 8.12. The fraction of sp³-hybridized carbons (Fsp3) is 0.333. The van der Waals surface area contributed by atoms with Crippen molar-refractivity contribution in [1.29, 1.82) is 0 Å². The van der Waals surface area contributed by atoms with Crippen molar-refractivity contribution in [2.45, 2.75) is 45.8 Å². The summed E-state index contributed by atoms with van der Waals surface area (Å²) in [6.07, 6.45) is 0.205. The number of nitrogens with zero attached hydrogens (tertiary/aromatic N) is 3. The van der Waals surface area contributed by atoms with Crippen molar-refractivity contribution in [3.63, 3.8) is 0 Å². The van der Waals surface area contributed by atoms with Crippen LogP contribution in [0.1, 0.15) is 30.5 Å². The molecule has 0 aromatic heterocycles. The van der Waals surface area contributed by atoms with Crippen LogP contribution in [-0.4, -0.2) is 62.2 Å². The molecule has 0 heterocycles. The van der Waals surface area contributed by atoms with Crippen LogP contribution in [0.3, 0.4) is 0 Å². The molecule has 40 heavy (non-hydrogen) atoms. The molecule has 0 aliphatic carbocycles. The van der Waals surface area contributed by atoms with Crippen LogP contribution in [0.25, 0.3) is 0 Å². The molecule has 0 radical (unpaired) electrons. The SMILES string of the molecule is Cc1ccc(CN(C(=O)CN(c2ccccc2F)S(=O)(=O)N(C)C)C(Cc2ccccc2)C(=O)NC(C)C)cc1. The van der Waals surface area contributed by atoms with Gasteiger partial charge >= 0.3 is 10.2 Å². The van der Waals surface area contributed by atoms with Gasteiger partial charge in [0.05, 0.1) is 5.69 Å². The molecule has 3 aromatic rings. The van der Waals surface area contributed by atoms with Gasteiger partial charge in [-0.05, 0) is 44.0 Å². The van der Waals surface area contributed by atoms with E-state index < -0.39 is 34.5 Å². The van der Waals surface area contributed by atoms with Crippen molar-refractivity contribution in [2.24, 2.45) is 0 Å². The molecule has 1 unspecified atom stereocenters. The average molecular weight is 569 g/mol. The molecule has 3 rings (SSSR count). The molecule has 0 aliphatic heterocycles. The molecule has 0 bridgehead atoms. The van der Waals surface area contributed by atoms with Gasteiger partial charge in [-0.1, -0.05) is 72.3 Å². The van der Waals surface area contributed by atoms with Crippen LogP contribution in [0.2, 0.25) is 0 Å². The Hall–Kier alpha value is -3.76. The second kappa shape index (κ2) is 13.5. The fourth-order valence-corrected chi connectivity index (χ4v) is 5.25. The topological polar surface area (TPSA) is 90.0 Å². The Morgan fingerprint density at radius 3 is 2.05 bits per heavy atom. The molecular formula is C30H37FN4O4S. The highest BCUT2D eigenvalue weighted by atomic mass is 32.2. The lowest BCUT2D eigenvalue weighted by Crippen LogP contribution is -2.55. The molecular weight excluding hydrogens is 531 g/mol. The van der Waals surface area contributed by atoms with Gasteiger partial charge in [-0.2, -0.15) is 12.7 Å². The van der Waals surface area contributed by atoms with E-state index in [9.17, 15) is 22.4 Å². The monoisotopic (exact) mass is 568 g/mol. The predicted octanol–water partition coefficient (Wildman–Crippen LogP) is 3.91. The quantitative estimate of drug-likeness (QED) is 0.359. The van der Waals surface area contributed by atoms with Gasteiger partial charge in [-0.25, -0.2) is 8.70 Å². The van der Waals surface area contributed by atoms with Gasteiger partial charge in [0.15, 0.2) is 0 Å². The molecule has 0 fully saturated rings. The van der Waals surface area contributed by atoms with Crippen LogP contribution >= 0.6 is 0 Å². The number of halogens is 1. The largest absolute Gasteiger partial charge is 0.352 e. The zero-order chi connectivity index (χ0) is 29.4. The van der Waals surface area contributed by atoms with Crippen LogP contribution in [0.5, 0.6) is 0 Å². The minimum Gasteiger partial charge on any atom is -0.352 e. The minimum atomic E-state index is -4.27. The van der Waals surface area contributed by atoms with Crippen LogP contribution in [0, 0.1) is 12.7 Å². The van der Waals surface area contributed by atoms with Crippen molar-refractivity contribution in [3.8, 4) is 0 Å². The van der Waals surface area contributed by atoms with Crippen molar-refractivity contribution in [3.05, 3.63) is 101 Å². The van der Waals surface area contributed by atoms with E-state index in [4.69, 9.17) is 0 Å². The highest BCUT2D eigenvalue weighted by Crippen LogP contribution is 2.24. The highest BCUT2D eigenvalue weighted by molar-refractivity contribution is 7.90.